The summed E-state index contributed by atoms with van der Waals surface area (Å²) in [5.41, 5.74) is 1.61. The van der Waals surface area contributed by atoms with E-state index in [4.69, 9.17) is 0 Å². The Kier molecular flexibility index (Phi) is 4.66. The van der Waals surface area contributed by atoms with Gasteiger partial charge in [-0.1, -0.05) is 18.2 Å². The molecule has 0 aliphatic heterocycles. The predicted molar refractivity (Wildman–Crippen MR) is 76.1 cm³/mol. The summed E-state index contributed by atoms with van der Waals surface area (Å²) in [4.78, 5) is 0. The molecule has 0 aromatic heterocycles. The highest BCUT2D eigenvalue weighted by atomic mass is 127. The number of rotatable bonds is 4. The van der Waals surface area contributed by atoms with E-state index in [1.807, 2.05) is 24.3 Å². The maximum Gasteiger partial charge on any atom is 0.130 e. The lowest BCUT2D eigenvalue weighted by atomic mass is 10.2. The van der Waals surface area contributed by atoms with Gasteiger partial charge in [0.2, 0.25) is 0 Å². The van der Waals surface area contributed by atoms with Gasteiger partial charge in [0.05, 0.1) is 0 Å². The second kappa shape index (κ2) is 6.24. The van der Waals surface area contributed by atoms with Gasteiger partial charge in [0.15, 0.2) is 0 Å². The van der Waals surface area contributed by atoms with Gasteiger partial charge >= 0.3 is 0 Å². The van der Waals surface area contributed by atoms with E-state index in [0.717, 1.165) is 11.6 Å². The van der Waals surface area contributed by atoms with Gasteiger partial charge in [0.25, 0.3) is 0 Å². The molecule has 0 saturated carbocycles. The maximum absolute atomic E-state index is 13.3. The summed E-state index contributed by atoms with van der Waals surface area (Å²) in [6.07, 6.45) is 0. The molecular weight excluding hydrogens is 347 g/mol. The lowest BCUT2D eigenvalue weighted by Gasteiger charge is -2.06. The van der Waals surface area contributed by atoms with Crippen molar-refractivity contribution in [2.75, 3.05) is 0 Å². The second-order valence-corrected chi connectivity index (χ2v) is 5.21. The smallest absolute Gasteiger partial charge is 0.130 e. The van der Waals surface area contributed by atoms with Crippen LogP contribution in [0.2, 0.25) is 0 Å². The summed E-state index contributed by atoms with van der Waals surface area (Å²) < 4.78 is 27.2. The van der Waals surface area contributed by atoms with Crippen LogP contribution < -0.4 is 5.32 Å². The average molecular weight is 359 g/mol. The Labute approximate surface area is 118 Å². The molecule has 1 nitrogen and oxygen atoms in total. The van der Waals surface area contributed by atoms with E-state index < -0.39 is 11.6 Å². The normalized spacial score (nSPS) is 10.6. The van der Waals surface area contributed by atoms with Crippen LogP contribution in [0.4, 0.5) is 8.78 Å². The highest BCUT2D eigenvalue weighted by Gasteiger charge is 2.03. The van der Waals surface area contributed by atoms with E-state index in [1.54, 1.807) is 0 Å². The number of benzene rings is 2. The van der Waals surface area contributed by atoms with Gasteiger partial charge in [-0.25, -0.2) is 8.78 Å². The summed E-state index contributed by atoms with van der Waals surface area (Å²) in [6.45, 7) is 1.05. The van der Waals surface area contributed by atoms with Crippen LogP contribution in [0.3, 0.4) is 0 Å². The van der Waals surface area contributed by atoms with Gasteiger partial charge in [-0.05, 0) is 46.4 Å². The van der Waals surface area contributed by atoms with Crippen molar-refractivity contribution in [3.05, 3.63) is 68.8 Å². The van der Waals surface area contributed by atoms with Gasteiger partial charge in [-0.2, -0.15) is 0 Å². The molecule has 0 saturated heterocycles. The molecule has 18 heavy (non-hydrogen) atoms. The van der Waals surface area contributed by atoms with Crippen LogP contribution in [-0.2, 0) is 13.1 Å². The van der Waals surface area contributed by atoms with E-state index in [1.165, 1.54) is 15.7 Å². The fraction of sp³-hybridized carbons (Fsp3) is 0.143. The summed E-state index contributed by atoms with van der Waals surface area (Å²) in [6, 6.07) is 11.7. The average Bonchev–Trinajstić information content (AvgIpc) is 2.34. The molecule has 0 unspecified atom stereocenters. The third-order valence-corrected chi connectivity index (χ3v) is 3.29. The minimum absolute atomic E-state index is 0.387. The molecule has 0 amide bonds. The van der Waals surface area contributed by atoms with E-state index in [2.05, 4.69) is 27.9 Å². The first-order chi connectivity index (χ1) is 8.65. The molecule has 0 bridgehead atoms. The van der Waals surface area contributed by atoms with Crippen LogP contribution in [0.15, 0.2) is 42.5 Å². The van der Waals surface area contributed by atoms with Crippen molar-refractivity contribution in [1.82, 2.24) is 5.32 Å². The molecule has 0 heterocycles. The highest BCUT2D eigenvalue weighted by molar-refractivity contribution is 14.1. The van der Waals surface area contributed by atoms with Gasteiger partial charge < -0.3 is 5.32 Å². The minimum Gasteiger partial charge on any atom is -0.309 e. The molecule has 0 atom stereocenters. The molecule has 0 radical (unpaired) electrons. The number of hydrogen-bond donors (Lipinski definition) is 1. The molecule has 2 rings (SSSR count). The van der Waals surface area contributed by atoms with Gasteiger partial charge in [0, 0.05) is 28.3 Å². The topological polar surface area (TPSA) is 12.0 Å². The first kappa shape index (κ1) is 13.4. The lowest BCUT2D eigenvalue weighted by Crippen LogP contribution is -2.13. The molecule has 94 valence electrons. The van der Waals surface area contributed by atoms with E-state index in [9.17, 15) is 8.78 Å². The summed E-state index contributed by atoms with van der Waals surface area (Å²) in [5.74, 6) is -1.06. The monoisotopic (exact) mass is 359 g/mol. The lowest BCUT2D eigenvalue weighted by molar-refractivity contribution is 0.560. The molecule has 1 N–H and O–H groups in total. The Bertz CT molecular complexity index is 526. The minimum atomic E-state index is -0.547. The van der Waals surface area contributed by atoms with Gasteiger partial charge in [0.1, 0.15) is 11.6 Å². The number of hydrogen-bond acceptors (Lipinski definition) is 1. The van der Waals surface area contributed by atoms with E-state index in [0.29, 0.717) is 18.7 Å². The molecule has 0 spiro atoms. The van der Waals surface area contributed by atoms with Crippen molar-refractivity contribution in [1.29, 1.82) is 0 Å². The molecule has 2 aromatic carbocycles. The van der Waals surface area contributed by atoms with Crippen LogP contribution >= 0.6 is 22.6 Å². The van der Waals surface area contributed by atoms with Crippen molar-refractivity contribution < 1.29 is 8.78 Å². The molecule has 2 aromatic rings. The van der Waals surface area contributed by atoms with Crippen molar-refractivity contribution >= 4 is 22.6 Å². The van der Waals surface area contributed by atoms with Crippen LogP contribution in [0.5, 0.6) is 0 Å². The fourth-order valence-electron chi connectivity index (χ4n) is 1.61. The number of halogens is 3. The van der Waals surface area contributed by atoms with Crippen LogP contribution in [0.1, 0.15) is 11.1 Å². The van der Waals surface area contributed by atoms with E-state index in [-0.39, 0.29) is 0 Å². The highest BCUT2D eigenvalue weighted by Crippen LogP contribution is 2.10. The van der Waals surface area contributed by atoms with Crippen LogP contribution in [-0.4, -0.2) is 0 Å². The summed E-state index contributed by atoms with van der Waals surface area (Å²) in [7, 11) is 0. The molecule has 0 aliphatic carbocycles. The molecule has 4 heteroatoms. The predicted octanol–water partition coefficient (Wildman–Crippen LogP) is 3.86. The Hall–Kier alpha value is -1.01. The summed E-state index contributed by atoms with van der Waals surface area (Å²) in [5, 5.41) is 3.13. The number of nitrogens with one attached hydrogen (secondary N) is 1. The zero-order chi connectivity index (χ0) is 13.0. The third-order valence-electron chi connectivity index (χ3n) is 2.57. The van der Waals surface area contributed by atoms with Crippen LogP contribution in [0, 0.1) is 15.2 Å². The van der Waals surface area contributed by atoms with Crippen molar-refractivity contribution in [3.63, 3.8) is 0 Å². The van der Waals surface area contributed by atoms with Gasteiger partial charge in [-0.15, -0.1) is 0 Å². The Morgan fingerprint density at radius 3 is 2.33 bits per heavy atom. The zero-order valence-electron chi connectivity index (χ0n) is 9.59. The zero-order valence-corrected chi connectivity index (χ0v) is 11.7. The maximum atomic E-state index is 13.3. The SMILES string of the molecule is Fc1ccc(CNCc2ccc(I)cc2)c(F)c1. The largest absolute Gasteiger partial charge is 0.309 e. The Morgan fingerprint density at radius 1 is 0.944 bits per heavy atom. The first-order valence-corrected chi connectivity index (χ1v) is 6.62. The first-order valence-electron chi connectivity index (χ1n) is 5.54. The molecular formula is C14H12F2IN. The van der Waals surface area contributed by atoms with Crippen LogP contribution in [0.25, 0.3) is 0 Å². The van der Waals surface area contributed by atoms with Crippen molar-refractivity contribution in [2.45, 2.75) is 13.1 Å². The Morgan fingerprint density at radius 2 is 1.67 bits per heavy atom. The quantitative estimate of drug-likeness (QED) is 0.818. The standard InChI is InChI=1S/C14H12F2IN/c15-12-4-3-11(14(16)7-12)9-18-8-10-1-5-13(17)6-2-10/h1-7,18H,8-9H2. The van der Waals surface area contributed by atoms with Crippen molar-refractivity contribution in [2.24, 2.45) is 0 Å². The fourth-order valence-corrected chi connectivity index (χ4v) is 1.97. The van der Waals surface area contributed by atoms with Crippen molar-refractivity contribution in [3.8, 4) is 0 Å². The Balaban J connectivity index is 1.90. The van der Waals surface area contributed by atoms with Gasteiger partial charge in [-0.3, -0.25) is 0 Å². The second-order valence-electron chi connectivity index (χ2n) is 3.97. The molecule has 0 aliphatic rings. The third kappa shape index (κ3) is 3.74. The molecule has 0 fully saturated rings. The summed E-state index contributed by atoms with van der Waals surface area (Å²) >= 11 is 2.25. The van der Waals surface area contributed by atoms with E-state index >= 15 is 0 Å².